The number of nitrogens with one attached hydrogen (secondary N) is 2. The molecule has 2 amide bonds. The van der Waals surface area contributed by atoms with Crippen molar-refractivity contribution in [2.45, 2.75) is 19.3 Å². The van der Waals surface area contributed by atoms with Gasteiger partial charge >= 0.3 is 12.0 Å². The number of hydrogen-bond acceptors (Lipinski definition) is 4. The SMILES string of the molecule is O=C(O)CONC(=O)NCCCN1CCCC1. The zero-order valence-corrected chi connectivity index (χ0v) is 9.78. The van der Waals surface area contributed by atoms with Crippen molar-refractivity contribution in [1.82, 2.24) is 15.7 Å². The van der Waals surface area contributed by atoms with Crippen LogP contribution in [0.2, 0.25) is 0 Å². The molecule has 0 bridgehead atoms. The largest absolute Gasteiger partial charge is 0.479 e. The number of carboxylic acid groups (broad SMARTS) is 1. The maximum atomic E-state index is 11.1. The Labute approximate surface area is 100 Å². The predicted octanol–water partition coefficient (Wildman–Crippen LogP) is -0.212. The Morgan fingerprint density at radius 2 is 2.00 bits per heavy atom. The van der Waals surface area contributed by atoms with Crippen molar-refractivity contribution >= 4 is 12.0 Å². The first kappa shape index (κ1) is 13.7. The van der Waals surface area contributed by atoms with E-state index in [2.05, 4.69) is 15.1 Å². The molecular weight excluding hydrogens is 226 g/mol. The molecule has 0 aromatic heterocycles. The molecule has 1 rings (SSSR count). The van der Waals surface area contributed by atoms with Crippen molar-refractivity contribution in [1.29, 1.82) is 0 Å². The lowest BCUT2D eigenvalue weighted by atomic mass is 10.4. The van der Waals surface area contributed by atoms with Crippen LogP contribution in [0, 0.1) is 0 Å². The number of amides is 2. The van der Waals surface area contributed by atoms with Crippen LogP contribution in [0.1, 0.15) is 19.3 Å². The van der Waals surface area contributed by atoms with E-state index in [1.807, 2.05) is 5.48 Å². The Hall–Kier alpha value is -1.34. The van der Waals surface area contributed by atoms with Crippen molar-refractivity contribution < 1.29 is 19.5 Å². The molecule has 0 saturated carbocycles. The zero-order chi connectivity index (χ0) is 12.5. The van der Waals surface area contributed by atoms with E-state index < -0.39 is 18.6 Å². The van der Waals surface area contributed by atoms with Crippen LogP contribution in [0.15, 0.2) is 0 Å². The first-order valence-corrected chi connectivity index (χ1v) is 5.78. The van der Waals surface area contributed by atoms with Gasteiger partial charge in [-0.1, -0.05) is 0 Å². The molecule has 0 aromatic rings. The van der Waals surface area contributed by atoms with Crippen molar-refractivity contribution in [2.75, 3.05) is 32.8 Å². The lowest BCUT2D eigenvalue weighted by Gasteiger charge is -2.14. The number of hydrogen-bond donors (Lipinski definition) is 3. The molecule has 3 N–H and O–H groups in total. The highest BCUT2D eigenvalue weighted by Crippen LogP contribution is 2.06. The summed E-state index contributed by atoms with van der Waals surface area (Å²) in [6, 6.07) is -0.507. The van der Waals surface area contributed by atoms with E-state index in [4.69, 9.17) is 5.11 Å². The first-order valence-electron chi connectivity index (χ1n) is 5.78. The van der Waals surface area contributed by atoms with E-state index >= 15 is 0 Å². The third-order valence-corrected chi connectivity index (χ3v) is 2.50. The fourth-order valence-electron chi connectivity index (χ4n) is 1.71. The van der Waals surface area contributed by atoms with Gasteiger partial charge in [-0.05, 0) is 38.9 Å². The average molecular weight is 245 g/mol. The van der Waals surface area contributed by atoms with E-state index in [0.29, 0.717) is 6.54 Å². The fourth-order valence-corrected chi connectivity index (χ4v) is 1.71. The average Bonchev–Trinajstić information content (AvgIpc) is 2.76. The molecule has 7 nitrogen and oxygen atoms in total. The van der Waals surface area contributed by atoms with Crippen molar-refractivity contribution in [2.24, 2.45) is 0 Å². The standard InChI is InChI=1S/C10H19N3O4/c14-9(15)8-17-12-10(16)11-4-3-7-13-5-1-2-6-13/h1-8H2,(H,14,15)(H2,11,12,16). The molecule has 0 spiro atoms. The van der Waals surface area contributed by atoms with Gasteiger partial charge in [-0.25, -0.2) is 15.1 Å². The van der Waals surface area contributed by atoms with Crippen LogP contribution >= 0.6 is 0 Å². The summed E-state index contributed by atoms with van der Waals surface area (Å²) in [4.78, 5) is 27.9. The molecule has 0 radical (unpaired) electrons. The van der Waals surface area contributed by atoms with Crippen LogP contribution in [0.3, 0.4) is 0 Å². The number of nitrogens with zero attached hydrogens (tertiary/aromatic N) is 1. The molecule has 1 fully saturated rings. The molecule has 7 heteroatoms. The van der Waals surface area contributed by atoms with Gasteiger partial charge in [-0.15, -0.1) is 0 Å². The Kier molecular flexibility index (Phi) is 6.34. The maximum Gasteiger partial charge on any atom is 0.338 e. The van der Waals surface area contributed by atoms with Crippen molar-refractivity contribution in [3.63, 3.8) is 0 Å². The van der Waals surface area contributed by atoms with Crippen LogP contribution < -0.4 is 10.8 Å². The second-order valence-electron chi connectivity index (χ2n) is 3.94. The number of hydroxylamine groups is 1. The molecule has 0 atom stereocenters. The summed E-state index contributed by atoms with van der Waals surface area (Å²) < 4.78 is 0. The minimum absolute atomic E-state index is 0.507. The summed E-state index contributed by atoms with van der Waals surface area (Å²) in [6.07, 6.45) is 3.40. The summed E-state index contributed by atoms with van der Waals surface area (Å²) in [5, 5.41) is 10.8. The van der Waals surface area contributed by atoms with Gasteiger partial charge in [0.15, 0.2) is 6.61 Å². The Morgan fingerprint density at radius 3 is 2.65 bits per heavy atom. The van der Waals surface area contributed by atoms with E-state index in [-0.39, 0.29) is 0 Å². The number of likely N-dealkylation sites (tertiary alicyclic amines) is 1. The van der Waals surface area contributed by atoms with Gasteiger partial charge in [0.2, 0.25) is 0 Å². The van der Waals surface area contributed by atoms with Gasteiger partial charge < -0.3 is 15.3 Å². The predicted molar refractivity (Wildman–Crippen MR) is 60.4 cm³/mol. The van der Waals surface area contributed by atoms with Crippen LogP contribution in [-0.4, -0.2) is 54.8 Å². The number of carbonyl (C=O) groups excluding carboxylic acids is 1. The Morgan fingerprint density at radius 1 is 1.29 bits per heavy atom. The van der Waals surface area contributed by atoms with Crippen molar-refractivity contribution in [3.05, 3.63) is 0 Å². The lowest BCUT2D eigenvalue weighted by Crippen LogP contribution is -2.38. The van der Waals surface area contributed by atoms with E-state index in [9.17, 15) is 9.59 Å². The topological polar surface area (TPSA) is 90.9 Å². The summed E-state index contributed by atoms with van der Waals surface area (Å²) in [5.74, 6) is -1.13. The Bertz CT molecular complexity index is 254. The first-order chi connectivity index (χ1) is 8.18. The molecule has 1 heterocycles. The van der Waals surface area contributed by atoms with Gasteiger partial charge in [0.1, 0.15) is 0 Å². The third-order valence-electron chi connectivity index (χ3n) is 2.50. The minimum Gasteiger partial charge on any atom is -0.479 e. The molecule has 1 saturated heterocycles. The van der Waals surface area contributed by atoms with Crippen LogP contribution in [0.25, 0.3) is 0 Å². The number of rotatable bonds is 7. The van der Waals surface area contributed by atoms with Gasteiger partial charge in [0.25, 0.3) is 0 Å². The molecule has 0 aromatic carbocycles. The maximum absolute atomic E-state index is 11.1. The molecule has 0 unspecified atom stereocenters. The summed E-state index contributed by atoms with van der Waals surface area (Å²) >= 11 is 0. The number of carboxylic acids is 1. The quantitative estimate of drug-likeness (QED) is 0.426. The van der Waals surface area contributed by atoms with Crippen LogP contribution in [0.4, 0.5) is 4.79 Å². The Balaban J connectivity index is 1.90. The highest BCUT2D eigenvalue weighted by Gasteiger charge is 2.10. The smallest absolute Gasteiger partial charge is 0.338 e. The molecule has 0 aliphatic carbocycles. The summed E-state index contributed by atoms with van der Waals surface area (Å²) in [7, 11) is 0. The number of aliphatic carboxylic acids is 1. The van der Waals surface area contributed by atoms with Gasteiger partial charge in [-0.2, -0.15) is 0 Å². The second kappa shape index (κ2) is 7.86. The number of carbonyl (C=O) groups is 2. The summed E-state index contributed by atoms with van der Waals surface area (Å²) in [5.41, 5.74) is 2.00. The summed E-state index contributed by atoms with van der Waals surface area (Å²) in [6.45, 7) is 3.29. The molecular formula is C10H19N3O4. The molecule has 1 aliphatic rings. The lowest BCUT2D eigenvalue weighted by molar-refractivity contribution is -0.144. The van der Waals surface area contributed by atoms with E-state index in [1.54, 1.807) is 0 Å². The normalized spacial score (nSPS) is 15.8. The minimum atomic E-state index is -1.13. The van der Waals surface area contributed by atoms with Gasteiger partial charge in [0, 0.05) is 6.54 Å². The van der Waals surface area contributed by atoms with Crippen LogP contribution in [-0.2, 0) is 9.63 Å². The highest BCUT2D eigenvalue weighted by atomic mass is 16.7. The fraction of sp³-hybridized carbons (Fsp3) is 0.800. The van der Waals surface area contributed by atoms with Gasteiger partial charge in [-0.3, -0.25) is 4.84 Å². The van der Waals surface area contributed by atoms with Gasteiger partial charge in [0.05, 0.1) is 0 Å². The van der Waals surface area contributed by atoms with E-state index in [0.717, 1.165) is 26.1 Å². The van der Waals surface area contributed by atoms with Crippen LogP contribution in [0.5, 0.6) is 0 Å². The second-order valence-corrected chi connectivity index (χ2v) is 3.94. The highest BCUT2D eigenvalue weighted by molar-refractivity contribution is 5.73. The monoisotopic (exact) mass is 245 g/mol. The number of urea groups is 1. The molecule has 1 aliphatic heterocycles. The molecule has 17 heavy (non-hydrogen) atoms. The zero-order valence-electron chi connectivity index (χ0n) is 9.78. The van der Waals surface area contributed by atoms with Crippen molar-refractivity contribution in [3.8, 4) is 0 Å². The van der Waals surface area contributed by atoms with E-state index in [1.165, 1.54) is 12.8 Å². The molecule has 98 valence electrons. The third kappa shape index (κ3) is 6.75.